The molecule has 2 rings (SSSR count). The maximum Gasteiger partial charge on any atom is 0.101 e. The molecule has 1 unspecified atom stereocenters. The molecule has 0 aliphatic carbocycles. The second-order valence-corrected chi connectivity index (χ2v) is 5.80. The van der Waals surface area contributed by atoms with E-state index in [0.29, 0.717) is 6.42 Å². The van der Waals surface area contributed by atoms with Gasteiger partial charge in [-0.2, -0.15) is 0 Å². The lowest BCUT2D eigenvalue weighted by atomic mass is 9.99. The Morgan fingerprint density at radius 1 is 1.47 bits per heavy atom. The Kier molecular flexibility index (Phi) is 2.91. The number of aromatic nitrogens is 1. The number of rotatable bonds is 3. The molecule has 80 valence electrons. The molecule has 0 amide bonds. The highest BCUT2D eigenvalue weighted by atomic mass is 32.1. The SMILES string of the molecule is Cc1nc(CC(C)(O)c2cccs2)cs1. The Morgan fingerprint density at radius 3 is 2.80 bits per heavy atom. The van der Waals surface area contributed by atoms with Crippen LogP contribution in [0.25, 0.3) is 0 Å². The largest absolute Gasteiger partial charge is 0.384 e. The highest BCUT2D eigenvalue weighted by molar-refractivity contribution is 7.10. The van der Waals surface area contributed by atoms with Crippen LogP contribution in [-0.4, -0.2) is 10.1 Å². The lowest BCUT2D eigenvalue weighted by molar-refractivity contribution is 0.0606. The summed E-state index contributed by atoms with van der Waals surface area (Å²) >= 11 is 3.21. The zero-order valence-corrected chi connectivity index (χ0v) is 10.4. The molecule has 0 saturated carbocycles. The molecule has 1 atom stereocenters. The van der Waals surface area contributed by atoms with Gasteiger partial charge in [-0.15, -0.1) is 22.7 Å². The minimum Gasteiger partial charge on any atom is -0.384 e. The molecule has 4 heteroatoms. The lowest BCUT2D eigenvalue weighted by Gasteiger charge is -2.20. The molecular formula is C11H13NOS2. The summed E-state index contributed by atoms with van der Waals surface area (Å²) in [6.45, 7) is 3.82. The number of thiophene rings is 1. The summed E-state index contributed by atoms with van der Waals surface area (Å²) in [6.07, 6.45) is 0.581. The van der Waals surface area contributed by atoms with Crippen LogP contribution in [0.15, 0.2) is 22.9 Å². The zero-order chi connectivity index (χ0) is 10.9. The van der Waals surface area contributed by atoms with Crippen molar-refractivity contribution >= 4 is 22.7 Å². The van der Waals surface area contributed by atoms with Crippen LogP contribution in [-0.2, 0) is 12.0 Å². The first-order valence-corrected chi connectivity index (χ1v) is 6.51. The van der Waals surface area contributed by atoms with E-state index in [1.165, 1.54) is 0 Å². The van der Waals surface area contributed by atoms with Crippen LogP contribution < -0.4 is 0 Å². The third-order valence-corrected chi connectivity index (χ3v) is 4.19. The maximum atomic E-state index is 10.3. The molecular weight excluding hydrogens is 226 g/mol. The lowest BCUT2D eigenvalue weighted by Crippen LogP contribution is -2.23. The van der Waals surface area contributed by atoms with Gasteiger partial charge in [0.15, 0.2) is 0 Å². The van der Waals surface area contributed by atoms with Gasteiger partial charge in [0, 0.05) is 16.7 Å². The highest BCUT2D eigenvalue weighted by Crippen LogP contribution is 2.29. The summed E-state index contributed by atoms with van der Waals surface area (Å²) in [6, 6.07) is 3.92. The van der Waals surface area contributed by atoms with Gasteiger partial charge in [0.1, 0.15) is 5.60 Å². The Hall–Kier alpha value is -0.710. The van der Waals surface area contributed by atoms with Gasteiger partial charge >= 0.3 is 0 Å². The summed E-state index contributed by atoms with van der Waals surface area (Å²) < 4.78 is 0. The molecule has 2 aromatic rings. The van der Waals surface area contributed by atoms with Crippen LogP contribution in [0.2, 0.25) is 0 Å². The fourth-order valence-corrected chi connectivity index (χ4v) is 2.91. The van der Waals surface area contributed by atoms with Gasteiger partial charge in [-0.1, -0.05) is 6.07 Å². The van der Waals surface area contributed by atoms with Crippen molar-refractivity contribution in [3.05, 3.63) is 38.5 Å². The van der Waals surface area contributed by atoms with E-state index in [9.17, 15) is 5.11 Å². The van der Waals surface area contributed by atoms with Crippen LogP contribution in [0.4, 0.5) is 0 Å². The molecule has 15 heavy (non-hydrogen) atoms. The first kappa shape index (κ1) is 10.8. The standard InChI is InChI=1S/C11H13NOS2/c1-8-12-9(7-15-8)6-11(2,13)10-4-3-5-14-10/h3-5,7,13H,6H2,1-2H3. The van der Waals surface area contributed by atoms with E-state index >= 15 is 0 Å². The second-order valence-electron chi connectivity index (χ2n) is 3.79. The summed E-state index contributed by atoms with van der Waals surface area (Å²) in [4.78, 5) is 5.36. The monoisotopic (exact) mass is 239 g/mol. The van der Waals surface area contributed by atoms with E-state index in [1.54, 1.807) is 22.7 Å². The summed E-state index contributed by atoms with van der Waals surface area (Å²) in [5.41, 5.74) is 0.171. The van der Waals surface area contributed by atoms with E-state index in [2.05, 4.69) is 4.98 Å². The average Bonchev–Trinajstić information content (AvgIpc) is 2.75. The Morgan fingerprint density at radius 2 is 2.27 bits per heavy atom. The highest BCUT2D eigenvalue weighted by Gasteiger charge is 2.25. The van der Waals surface area contributed by atoms with Gasteiger partial charge in [-0.25, -0.2) is 4.98 Å². The van der Waals surface area contributed by atoms with E-state index in [4.69, 9.17) is 0 Å². The predicted molar refractivity (Wildman–Crippen MR) is 64.4 cm³/mol. The predicted octanol–water partition coefficient (Wildman–Crippen LogP) is 2.96. The van der Waals surface area contributed by atoms with E-state index in [0.717, 1.165) is 15.6 Å². The van der Waals surface area contributed by atoms with Crippen molar-refractivity contribution in [3.8, 4) is 0 Å². The maximum absolute atomic E-state index is 10.3. The molecule has 0 fully saturated rings. The van der Waals surface area contributed by atoms with Gasteiger partial charge in [0.25, 0.3) is 0 Å². The number of aryl methyl sites for hydroxylation is 1. The van der Waals surface area contributed by atoms with Crippen molar-refractivity contribution in [1.29, 1.82) is 0 Å². The topological polar surface area (TPSA) is 33.1 Å². The first-order chi connectivity index (χ1) is 7.08. The van der Waals surface area contributed by atoms with Crippen molar-refractivity contribution in [2.45, 2.75) is 25.9 Å². The molecule has 0 aliphatic heterocycles. The van der Waals surface area contributed by atoms with Crippen molar-refractivity contribution < 1.29 is 5.11 Å². The van der Waals surface area contributed by atoms with Gasteiger partial charge < -0.3 is 5.11 Å². The Labute approximate surface area is 97.2 Å². The van der Waals surface area contributed by atoms with E-state index in [1.807, 2.05) is 36.7 Å². The van der Waals surface area contributed by atoms with Gasteiger partial charge in [-0.3, -0.25) is 0 Å². The molecule has 0 radical (unpaired) electrons. The number of thiazole rings is 1. The van der Waals surface area contributed by atoms with Crippen LogP contribution in [0, 0.1) is 6.92 Å². The molecule has 0 saturated heterocycles. The second kappa shape index (κ2) is 4.04. The quantitative estimate of drug-likeness (QED) is 0.893. The number of nitrogens with zero attached hydrogens (tertiary/aromatic N) is 1. The Balaban J connectivity index is 2.18. The summed E-state index contributed by atoms with van der Waals surface area (Å²) in [5, 5.41) is 15.4. The molecule has 2 aromatic heterocycles. The summed E-state index contributed by atoms with van der Waals surface area (Å²) in [7, 11) is 0. The third-order valence-electron chi connectivity index (χ3n) is 2.24. The molecule has 0 bridgehead atoms. The Bertz CT molecular complexity index is 431. The normalized spacial score (nSPS) is 15.1. The van der Waals surface area contributed by atoms with Crippen molar-refractivity contribution in [2.75, 3.05) is 0 Å². The molecule has 0 aromatic carbocycles. The van der Waals surface area contributed by atoms with Gasteiger partial charge in [-0.05, 0) is 25.3 Å². The van der Waals surface area contributed by atoms with Crippen LogP contribution in [0.5, 0.6) is 0 Å². The fraction of sp³-hybridized carbons (Fsp3) is 0.364. The molecule has 2 heterocycles. The molecule has 0 spiro atoms. The van der Waals surface area contributed by atoms with Crippen molar-refractivity contribution in [1.82, 2.24) is 4.98 Å². The van der Waals surface area contributed by atoms with E-state index < -0.39 is 5.60 Å². The number of hydrogen-bond donors (Lipinski definition) is 1. The number of aliphatic hydroxyl groups is 1. The van der Waals surface area contributed by atoms with Crippen LogP contribution >= 0.6 is 22.7 Å². The summed E-state index contributed by atoms with van der Waals surface area (Å²) in [5.74, 6) is 0. The molecule has 0 aliphatic rings. The van der Waals surface area contributed by atoms with Crippen molar-refractivity contribution in [3.63, 3.8) is 0 Å². The molecule has 1 N–H and O–H groups in total. The minimum atomic E-state index is -0.797. The smallest absolute Gasteiger partial charge is 0.101 e. The van der Waals surface area contributed by atoms with Crippen molar-refractivity contribution in [2.24, 2.45) is 0 Å². The number of hydrogen-bond acceptors (Lipinski definition) is 4. The van der Waals surface area contributed by atoms with E-state index in [-0.39, 0.29) is 0 Å². The zero-order valence-electron chi connectivity index (χ0n) is 8.73. The van der Waals surface area contributed by atoms with Gasteiger partial charge in [0.05, 0.1) is 10.7 Å². The third kappa shape index (κ3) is 2.45. The fourth-order valence-electron chi connectivity index (χ4n) is 1.51. The molecule has 2 nitrogen and oxygen atoms in total. The minimum absolute atomic E-state index is 0.581. The van der Waals surface area contributed by atoms with Crippen LogP contribution in [0.3, 0.4) is 0 Å². The van der Waals surface area contributed by atoms with Crippen LogP contribution in [0.1, 0.15) is 22.5 Å². The average molecular weight is 239 g/mol. The van der Waals surface area contributed by atoms with Gasteiger partial charge in [0.2, 0.25) is 0 Å². The first-order valence-electron chi connectivity index (χ1n) is 4.75.